The normalized spacial score (nSPS) is 23.7. The lowest BCUT2D eigenvalue weighted by atomic mass is 10.0. The van der Waals surface area contributed by atoms with E-state index in [-0.39, 0.29) is 0 Å². The lowest BCUT2D eigenvalue weighted by molar-refractivity contribution is 0.216. The maximum Gasteiger partial charge on any atom is 0.0257 e. The SMILES string of the molecule is CN1CCCCNC[C@@H]1Cc1ccccc1. The summed E-state index contributed by atoms with van der Waals surface area (Å²) in [7, 11) is 2.25. The van der Waals surface area contributed by atoms with Crippen molar-refractivity contribution >= 4 is 0 Å². The molecule has 0 unspecified atom stereocenters. The van der Waals surface area contributed by atoms with Gasteiger partial charge in [-0.15, -0.1) is 0 Å². The molecule has 1 aliphatic heterocycles. The Balaban J connectivity index is 1.95. The molecule has 0 bridgehead atoms. The Kier molecular flexibility index (Phi) is 4.37. The van der Waals surface area contributed by atoms with Crippen LogP contribution in [0.15, 0.2) is 30.3 Å². The monoisotopic (exact) mass is 218 g/mol. The molecule has 1 aromatic rings. The standard InChI is InChI=1S/C14H22N2/c1-16-10-6-5-9-15-12-14(16)11-13-7-3-2-4-8-13/h2-4,7-8,14-15H,5-6,9-12H2,1H3/t14-/m0/s1. The van der Waals surface area contributed by atoms with Crippen molar-refractivity contribution in [1.82, 2.24) is 10.2 Å². The number of benzene rings is 1. The second-order valence-electron chi connectivity index (χ2n) is 4.74. The van der Waals surface area contributed by atoms with Crippen molar-refractivity contribution in [2.24, 2.45) is 0 Å². The van der Waals surface area contributed by atoms with Crippen molar-refractivity contribution in [2.75, 3.05) is 26.7 Å². The molecule has 1 saturated heterocycles. The molecule has 1 aliphatic rings. The van der Waals surface area contributed by atoms with E-state index in [2.05, 4.69) is 47.6 Å². The van der Waals surface area contributed by atoms with Gasteiger partial charge in [-0.05, 0) is 45.0 Å². The molecule has 1 fully saturated rings. The summed E-state index contributed by atoms with van der Waals surface area (Å²) in [6.07, 6.45) is 3.78. The van der Waals surface area contributed by atoms with Gasteiger partial charge in [-0.3, -0.25) is 0 Å². The molecule has 1 N–H and O–H groups in total. The molecule has 2 nitrogen and oxygen atoms in total. The van der Waals surface area contributed by atoms with E-state index in [1.807, 2.05) is 0 Å². The number of likely N-dealkylation sites (N-methyl/N-ethyl adjacent to an activating group) is 1. The van der Waals surface area contributed by atoms with E-state index in [4.69, 9.17) is 0 Å². The Morgan fingerprint density at radius 1 is 1.25 bits per heavy atom. The third-order valence-electron chi connectivity index (χ3n) is 3.43. The predicted molar refractivity (Wildman–Crippen MR) is 68.7 cm³/mol. The molecule has 2 rings (SSSR count). The van der Waals surface area contributed by atoms with Gasteiger partial charge >= 0.3 is 0 Å². The van der Waals surface area contributed by atoms with Crippen LogP contribution in [0.4, 0.5) is 0 Å². The van der Waals surface area contributed by atoms with Gasteiger partial charge in [0.05, 0.1) is 0 Å². The summed E-state index contributed by atoms with van der Waals surface area (Å²) in [6, 6.07) is 11.4. The highest BCUT2D eigenvalue weighted by Gasteiger charge is 2.16. The second-order valence-corrected chi connectivity index (χ2v) is 4.74. The van der Waals surface area contributed by atoms with Crippen LogP contribution in [0.2, 0.25) is 0 Å². The molecule has 0 saturated carbocycles. The van der Waals surface area contributed by atoms with Crippen molar-refractivity contribution in [1.29, 1.82) is 0 Å². The van der Waals surface area contributed by atoms with Gasteiger partial charge in [0, 0.05) is 12.6 Å². The third-order valence-corrected chi connectivity index (χ3v) is 3.43. The van der Waals surface area contributed by atoms with Gasteiger partial charge in [-0.1, -0.05) is 30.3 Å². The fourth-order valence-electron chi connectivity index (χ4n) is 2.33. The van der Waals surface area contributed by atoms with E-state index in [1.54, 1.807) is 0 Å². The number of hydrogen-bond acceptors (Lipinski definition) is 2. The van der Waals surface area contributed by atoms with Crippen LogP contribution in [0, 0.1) is 0 Å². The first-order valence-corrected chi connectivity index (χ1v) is 6.31. The molecule has 0 radical (unpaired) electrons. The van der Waals surface area contributed by atoms with Crippen molar-refractivity contribution in [3.8, 4) is 0 Å². The molecular weight excluding hydrogens is 196 g/mol. The zero-order valence-electron chi connectivity index (χ0n) is 10.2. The van der Waals surface area contributed by atoms with Crippen molar-refractivity contribution in [3.63, 3.8) is 0 Å². The van der Waals surface area contributed by atoms with E-state index >= 15 is 0 Å². The first kappa shape index (κ1) is 11.6. The summed E-state index contributed by atoms with van der Waals surface area (Å²) in [6.45, 7) is 3.53. The quantitative estimate of drug-likeness (QED) is 0.816. The maximum absolute atomic E-state index is 3.55. The van der Waals surface area contributed by atoms with Crippen LogP contribution < -0.4 is 5.32 Å². The molecule has 0 aromatic heterocycles. The molecule has 88 valence electrons. The molecule has 1 heterocycles. The van der Waals surface area contributed by atoms with Crippen LogP contribution in [0.3, 0.4) is 0 Å². The minimum atomic E-state index is 0.641. The van der Waals surface area contributed by atoms with Gasteiger partial charge in [0.2, 0.25) is 0 Å². The summed E-state index contributed by atoms with van der Waals surface area (Å²) in [4.78, 5) is 2.50. The van der Waals surface area contributed by atoms with E-state index in [1.165, 1.54) is 31.5 Å². The summed E-state index contributed by atoms with van der Waals surface area (Å²) in [5, 5.41) is 3.55. The Bertz CT molecular complexity index is 297. The van der Waals surface area contributed by atoms with E-state index < -0.39 is 0 Å². The molecular formula is C14H22N2. The summed E-state index contributed by atoms with van der Waals surface area (Å²) >= 11 is 0. The van der Waals surface area contributed by atoms with Gasteiger partial charge in [0.15, 0.2) is 0 Å². The van der Waals surface area contributed by atoms with Crippen LogP contribution in [-0.4, -0.2) is 37.6 Å². The molecule has 16 heavy (non-hydrogen) atoms. The van der Waals surface area contributed by atoms with Crippen molar-refractivity contribution in [3.05, 3.63) is 35.9 Å². The summed E-state index contributed by atoms with van der Waals surface area (Å²) in [5.41, 5.74) is 1.45. The van der Waals surface area contributed by atoms with Crippen LogP contribution >= 0.6 is 0 Å². The minimum Gasteiger partial charge on any atom is -0.315 e. The summed E-state index contributed by atoms with van der Waals surface area (Å²) in [5.74, 6) is 0. The second kappa shape index (κ2) is 6.02. The Labute approximate surface area is 98.7 Å². The molecule has 0 amide bonds. The van der Waals surface area contributed by atoms with Gasteiger partial charge in [0.1, 0.15) is 0 Å². The Hall–Kier alpha value is -0.860. The first-order valence-electron chi connectivity index (χ1n) is 6.31. The zero-order chi connectivity index (χ0) is 11.2. The van der Waals surface area contributed by atoms with Gasteiger partial charge in [-0.2, -0.15) is 0 Å². The highest BCUT2D eigenvalue weighted by atomic mass is 15.1. The lowest BCUT2D eigenvalue weighted by Gasteiger charge is -2.30. The molecule has 0 spiro atoms. The van der Waals surface area contributed by atoms with Crippen LogP contribution in [-0.2, 0) is 6.42 Å². The van der Waals surface area contributed by atoms with Crippen LogP contribution in [0.25, 0.3) is 0 Å². The van der Waals surface area contributed by atoms with Gasteiger partial charge < -0.3 is 10.2 Å². The predicted octanol–water partition coefficient (Wildman–Crippen LogP) is 1.91. The fraction of sp³-hybridized carbons (Fsp3) is 0.571. The molecule has 1 atom stereocenters. The van der Waals surface area contributed by atoms with Gasteiger partial charge in [-0.25, -0.2) is 0 Å². The maximum atomic E-state index is 3.55. The third kappa shape index (κ3) is 3.32. The average molecular weight is 218 g/mol. The van der Waals surface area contributed by atoms with Gasteiger partial charge in [0.25, 0.3) is 0 Å². The Morgan fingerprint density at radius 2 is 2.06 bits per heavy atom. The fourth-order valence-corrected chi connectivity index (χ4v) is 2.33. The van der Waals surface area contributed by atoms with Crippen LogP contribution in [0.1, 0.15) is 18.4 Å². The summed E-state index contributed by atoms with van der Waals surface area (Å²) < 4.78 is 0. The number of nitrogens with one attached hydrogen (secondary N) is 1. The van der Waals surface area contributed by atoms with Crippen molar-refractivity contribution in [2.45, 2.75) is 25.3 Å². The van der Waals surface area contributed by atoms with Crippen molar-refractivity contribution < 1.29 is 0 Å². The van der Waals surface area contributed by atoms with E-state index in [0.29, 0.717) is 6.04 Å². The average Bonchev–Trinajstić information content (AvgIpc) is 2.30. The Morgan fingerprint density at radius 3 is 2.88 bits per heavy atom. The minimum absolute atomic E-state index is 0.641. The van der Waals surface area contributed by atoms with Crippen LogP contribution in [0.5, 0.6) is 0 Å². The number of rotatable bonds is 2. The molecule has 1 aromatic carbocycles. The molecule has 2 heteroatoms. The largest absolute Gasteiger partial charge is 0.315 e. The van der Waals surface area contributed by atoms with E-state index in [0.717, 1.165) is 13.0 Å². The lowest BCUT2D eigenvalue weighted by Crippen LogP contribution is -2.44. The number of nitrogens with zero attached hydrogens (tertiary/aromatic N) is 1. The highest BCUT2D eigenvalue weighted by Crippen LogP contribution is 2.09. The zero-order valence-corrected chi connectivity index (χ0v) is 10.2. The highest BCUT2D eigenvalue weighted by molar-refractivity contribution is 5.16. The topological polar surface area (TPSA) is 15.3 Å². The first-order chi connectivity index (χ1) is 7.86. The molecule has 0 aliphatic carbocycles. The van der Waals surface area contributed by atoms with E-state index in [9.17, 15) is 0 Å². The number of hydrogen-bond donors (Lipinski definition) is 1. The smallest absolute Gasteiger partial charge is 0.0257 e.